The third-order valence-electron chi connectivity index (χ3n) is 6.39. The normalized spacial score (nSPS) is 15.9. The lowest BCUT2D eigenvalue weighted by Crippen LogP contribution is -2.31. The van der Waals surface area contributed by atoms with Crippen LogP contribution in [0, 0.1) is 6.92 Å². The Morgan fingerprint density at radius 3 is 2.48 bits per heavy atom. The minimum atomic E-state index is -0.0839. The van der Waals surface area contributed by atoms with Gasteiger partial charge in [-0.2, -0.15) is 0 Å². The number of amides is 2. The number of anilines is 2. The lowest BCUT2D eigenvalue weighted by Gasteiger charge is -2.21. The van der Waals surface area contributed by atoms with Gasteiger partial charge in [-0.25, -0.2) is 4.98 Å². The number of imidazole rings is 1. The molecule has 5 rings (SSSR count). The Balaban J connectivity index is 1.48. The van der Waals surface area contributed by atoms with Crippen molar-refractivity contribution in [1.82, 2.24) is 9.55 Å². The third-order valence-corrected chi connectivity index (χ3v) is 6.39. The van der Waals surface area contributed by atoms with E-state index in [1.165, 1.54) is 0 Å². The van der Waals surface area contributed by atoms with Crippen LogP contribution in [0.3, 0.4) is 0 Å². The number of rotatable bonds is 5. The lowest BCUT2D eigenvalue weighted by molar-refractivity contribution is -0.119. The van der Waals surface area contributed by atoms with Gasteiger partial charge in [-0.05, 0) is 42.8 Å². The zero-order valence-electron chi connectivity index (χ0n) is 18.8. The number of hydrogen-bond donors (Lipinski definition) is 0. The molecule has 0 saturated carbocycles. The molecule has 1 aromatic heterocycles. The van der Waals surface area contributed by atoms with E-state index in [4.69, 9.17) is 4.98 Å². The van der Waals surface area contributed by atoms with Gasteiger partial charge in [0.25, 0.3) is 0 Å². The number of aryl methyl sites for hydroxylation is 1. The van der Waals surface area contributed by atoms with Crippen molar-refractivity contribution in [3.63, 3.8) is 0 Å². The van der Waals surface area contributed by atoms with Crippen LogP contribution in [0.15, 0.2) is 78.9 Å². The van der Waals surface area contributed by atoms with Crippen LogP contribution in [0.2, 0.25) is 0 Å². The van der Waals surface area contributed by atoms with E-state index in [0.29, 0.717) is 13.0 Å². The molecule has 0 aliphatic carbocycles. The maximum atomic E-state index is 13.2. The predicted molar refractivity (Wildman–Crippen MR) is 130 cm³/mol. The summed E-state index contributed by atoms with van der Waals surface area (Å²) in [6, 6.07) is 25.4. The molecule has 6 nitrogen and oxygen atoms in total. The van der Waals surface area contributed by atoms with Gasteiger partial charge in [-0.3, -0.25) is 9.59 Å². The fourth-order valence-electron chi connectivity index (χ4n) is 4.59. The average Bonchev–Trinajstić information content (AvgIpc) is 3.40. The highest BCUT2D eigenvalue weighted by Gasteiger charge is 2.35. The van der Waals surface area contributed by atoms with Crippen LogP contribution in [0.25, 0.3) is 11.0 Å². The minimum Gasteiger partial charge on any atom is -0.318 e. The second kappa shape index (κ2) is 8.54. The number of hydrogen-bond acceptors (Lipinski definition) is 3. The van der Waals surface area contributed by atoms with Crippen LogP contribution in [-0.4, -0.2) is 35.0 Å². The summed E-state index contributed by atoms with van der Waals surface area (Å²) in [6.07, 6.45) is 0.375. The highest BCUT2D eigenvalue weighted by atomic mass is 16.2. The Bertz CT molecular complexity index is 1330. The fourth-order valence-corrected chi connectivity index (χ4v) is 4.59. The van der Waals surface area contributed by atoms with Gasteiger partial charge in [0.2, 0.25) is 11.8 Å². The molecule has 0 bridgehead atoms. The Hall–Kier alpha value is -3.93. The first kappa shape index (κ1) is 20.9. The number of benzene rings is 3. The van der Waals surface area contributed by atoms with Gasteiger partial charge in [-0.15, -0.1) is 0 Å². The summed E-state index contributed by atoms with van der Waals surface area (Å²) in [6.45, 7) is 2.73. The summed E-state index contributed by atoms with van der Waals surface area (Å²) < 4.78 is 1.98. The van der Waals surface area contributed by atoms with E-state index in [-0.39, 0.29) is 24.3 Å². The van der Waals surface area contributed by atoms with E-state index >= 15 is 0 Å². The molecule has 1 fully saturated rings. The number of aromatic nitrogens is 2. The molecular formula is C27H26N4O2. The highest BCUT2D eigenvalue weighted by Crippen LogP contribution is 2.34. The molecule has 1 aliphatic heterocycles. The molecule has 33 heavy (non-hydrogen) atoms. The second-order valence-corrected chi connectivity index (χ2v) is 8.53. The van der Waals surface area contributed by atoms with Gasteiger partial charge in [0.05, 0.1) is 11.0 Å². The Kier molecular flexibility index (Phi) is 5.42. The molecule has 1 unspecified atom stereocenters. The van der Waals surface area contributed by atoms with Crippen molar-refractivity contribution in [2.75, 3.05) is 23.4 Å². The van der Waals surface area contributed by atoms with Crippen LogP contribution in [0.1, 0.15) is 23.7 Å². The van der Waals surface area contributed by atoms with Crippen LogP contribution in [-0.2, 0) is 16.1 Å². The monoisotopic (exact) mass is 438 g/mol. The van der Waals surface area contributed by atoms with Crippen molar-refractivity contribution < 1.29 is 9.59 Å². The SMILES string of the molecule is Cc1ccccc1N1CC(c2nc3ccccc3n2CC(=O)N(C)c2ccccc2)CC1=O. The van der Waals surface area contributed by atoms with Crippen molar-refractivity contribution in [3.05, 3.63) is 90.3 Å². The molecule has 1 aliphatic rings. The zero-order valence-corrected chi connectivity index (χ0v) is 18.8. The fraction of sp³-hybridized carbons (Fsp3) is 0.222. The van der Waals surface area contributed by atoms with Crippen molar-refractivity contribution >= 4 is 34.2 Å². The molecule has 3 aromatic carbocycles. The molecule has 4 aromatic rings. The van der Waals surface area contributed by atoms with Crippen molar-refractivity contribution in [2.45, 2.75) is 25.8 Å². The first-order valence-corrected chi connectivity index (χ1v) is 11.2. The second-order valence-electron chi connectivity index (χ2n) is 8.53. The molecule has 166 valence electrons. The van der Waals surface area contributed by atoms with Crippen molar-refractivity contribution in [2.24, 2.45) is 0 Å². The van der Waals surface area contributed by atoms with E-state index in [1.54, 1.807) is 11.9 Å². The van der Waals surface area contributed by atoms with Crippen LogP contribution in [0.5, 0.6) is 0 Å². The first-order valence-electron chi connectivity index (χ1n) is 11.2. The summed E-state index contributed by atoms with van der Waals surface area (Å²) in [5.74, 6) is 0.751. The number of fused-ring (bicyclic) bond motifs is 1. The van der Waals surface area contributed by atoms with Gasteiger partial charge in [0, 0.05) is 37.3 Å². The van der Waals surface area contributed by atoms with E-state index < -0.39 is 0 Å². The number of para-hydroxylation sites is 4. The van der Waals surface area contributed by atoms with Gasteiger partial charge in [-0.1, -0.05) is 48.5 Å². The van der Waals surface area contributed by atoms with Crippen LogP contribution < -0.4 is 9.80 Å². The first-order chi connectivity index (χ1) is 16.0. The Morgan fingerprint density at radius 1 is 1.00 bits per heavy atom. The molecule has 1 saturated heterocycles. The quantitative estimate of drug-likeness (QED) is 0.460. The maximum Gasteiger partial charge on any atom is 0.246 e. The maximum absolute atomic E-state index is 13.2. The van der Waals surface area contributed by atoms with E-state index in [1.807, 2.05) is 95.3 Å². The Labute approximate surface area is 193 Å². The lowest BCUT2D eigenvalue weighted by atomic mass is 10.1. The highest BCUT2D eigenvalue weighted by molar-refractivity contribution is 5.97. The summed E-state index contributed by atoms with van der Waals surface area (Å²) in [5.41, 5.74) is 4.59. The predicted octanol–water partition coefficient (Wildman–Crippen LogP) is 4.53. The summed E-state index contributed by atoms with van der Waals surface area (Å²) in [7, 11) is 1.79. The number of carbonyl (C=O) groups excluding carboxylic acids is 2. The van der Waals surface area contributed by atoms with E-state index in [0.717, 1.165) is 33.8 Å². The van der Waals surface area contributed by atoms with Gasteiger partial charge in [0.1, 0.15) is 12.4 Å². The summed E-state index contributed by atoms with van der Waals surface area (Å²) in [4.78, 5) is 34.6. The molecule has 2 amide bonds. The summed E-state index contributed by atoms with van der Waals surface area (Å²) in [5, 5.41) is 0. The van der Waals surface area contributed by atoms with Crippen LogP contribution in [0.4, 0.5) is 11.4 Å². The zero-order chi connectivity index (χ0) is 22.9. The standard InChI is InChI=1S/C27H26N4O2/c1-19-10-6-8-14-23(19)30-17-20(16-25(30)32)27-28-22-13-7-9-15-24(22)31(27)18-26(33)29(2)21-11-4-3-5-12-21/h3-15,20H,16-18H2,1-2H3. The van der Waals surface area contributed by atoms with E-state index in [2.05, 4.69) is 0 Å². The largest absolute Gasteiger partial charge is 0.318 e. The van der Waals surface area contributed by atoms with Gasteiger partial charge >= 0.3 is 0 Å². The molecule has 0 radical (unpaired) electrons. The van der Waals surface area contributed by atoms with Crippen molar-refractivity contribution in [1.29, 1.82) is 0 Å². The number of nitrogens with zero attached hydrogens (tertiary/aromatic N) is 4. The molecule has 0 spiro atoms. The van der Waals surface area contributed by atoms with Crippen LogP contribution >= 0.6 is 0 Å². The smallest absolute Gasteiger partial charge is 0.246 e. The van der Waals surface area contributed by atoms with Gasteiger partial charge < -0.3 is 14.4 Å². The topological polar surface area (TPSA) is 58.4 Å². The summed E-state index contributed by atoms with van der Waals surface area (Å²) >= 11 is 0. The van der Waals surface area contributed by atoms with Gasteiger partial charge in [0.15, 0.2) is 0 Å². The number of carbonyl (C=O) groups is 2. The number of likely N-dealkylation sites (N-methyl/N-ethyl adjacent to an activating group) is 1. The van der Waals surface area contributed by atoms with E-state index in [9.17, 15) is 9.59 Å². The molecule has 2 heterocycles. The minimum absolute atomic E-state index is 0.0364. The van der Waals surface area contributed by atoms with Crippen molar-refractivity contribution in [3.8, 4) is 0 Å². The third kappa shape index (κ3) is 3.89. The Morgan fingerprint density at radius 2 is 1.70 bits per heavy atom. The molecule has 1 atom stereocenters. The molecular weight excluding hydrogens is 412 g/mol. The molecule has 0 N–H and O–H groups in total. The average molecular weight is 439 g/mol. The molecule has 6 heteroatoms.